The highest BCUT2D eigenvalue weighted by Crippen LogP contribution is 2.60. The van der Waals surface area contributed by atoms with Gasteiger partial charge in [0, 0.05) is 5.82 Å². The van der Waals surface area contributed by atoms with Gasteiger partial charge in [-0.3, -0.25) is 0 Å². The molecule has 0 spiro atoms. The molecule has 1 saturated carbocycles. The van der Waals surface area contributed by atoms with Crippen LogP contribution >= 0.6 is 0 Å². The maximum atomic E-state index is 13.6. The summed E-state index contributed by atoms with van der Waals surface area (Å²) in [6.07, 6.45) is 0.775. The Bertz CT molecular complexity index is 509. The second-order valence-electron chi connectivity index (χ2n) is 4.26. The van der Waals surface area contributed by atoms with Gasteiger partial charge in [0.15, 0.2) is 0 Å². The Morgan fingerprint density at radius 3 is 3.12 bits per heavy atom. The largest absolute Gasteiger partial charge is 0.535 e. The molecule has 0 amide bonds. The van der Waals surface area contributed by atoms with Gasteiger partial charge in [-0.15, -0.1) is 0 Å². The lowest BCUT2D eigenvalue weighted by molar-refractivity contribution is 0.0495. The molecule has 1 aromatic carbocycles. The van der Waals surface area contributed by atoms with Crippen molar-refractivity contribution in [1.82, 2.24) is 0 Å². The van der Waals surface area contributed by atoms with Crippen LogP contribution in [0.25, 0.3) is 0 Å². The minimum absolute atomic E-state index is 0.0368. The summed E-state index contributed by atoms with van der Waals surface area (Å²) in [6.45, 7) is 0. The van der Waals surface area contributed by atoms with Crippen LogP contribution in [0, 0.1) is 5.82 Å². The van der Waals surface area contributed by atoms with E-state index in [4.69, 9.17) is 10.6 Å². The Kier molecular flexibility index (Phi) is 2.14. The van der Waals surface area contributed by atoms with Gasteiger partial charge in [-0.05, 0) is 24.0 Å². The van der Waals surface area contributed by atoms with Gasteiger partial charge in [0.05, 0.1) is 0 Å². The zero-order valence-corrected chi connectivity index (χ0v) is 8.72. The molecule has 0 aromatic heterocycles. The molecular formula is C10H9BFNO4. The first-order valence-electron chi connectivity index (χ1n) is 5.21. The molecule has 0 bridgehead atoms. The Balaban J connectivity index is 2.15. The Labute approximate surface area is 96.4 Å². The summed E-state index contributed by atoms with van der Waals surface area (Å²) in [5.41, 5.74) is 0.372. The minimum Gasteiger partial charge on any atom is -0.535 e. The number of benzene rings is 1. The molecule has 7 heteroatoms. The third-order valence-corrected chi connectivity index (χ3v) is 3.29. The molecule has 88 valence electrons. The van der Waals surface area contributed by atoms with E-state index in [-0.39, 0.29) is 23.0 Å². The first-order valence-corrected chi connectivity index (χ1v) is 5.21. The van der Waals surface area contributed by atoms with E-state index >= 15 is 0 Å². The van der Waals surface area contributed by atoms with Gasteiger partial charge in [-0.25, -0.2) is 9.18 Å². The lowest BCUT2D eigenvalue weighted by atomic mass is 9.77. The van der Waals surface area contributed by atoms with Gasteiger partial charge in [-0.2, -0.15) is 5.90 Å². The van der Waals surface area contributed by atoms with E-state index in [1.807, 2.05) is 0 Å². The van der Waals surface area contributed by atoms with Gasteiger partial charge in [-0.1, -0.05) is 6.07 Å². The van der Waals surface area contributed by atoms with Crippen LogP contribution in [0.15, 0.2) is 12.1 Å². The number of carbonyl (C=O) groups is 1. The summed E-state index contributed by atoms with van der Waals surface area (Å²) < 4.78 is 18.7. The smallest absolute Gasteiger partial charge is 0.526 e. The maximum Gasteiger partial charge on any atom is 0.526 e. The highest BCUT2D eigenvalue weighted by Gasteiger charge is 2.54. The van der Waals surface area contributed by atoms with Crippen molar-refractivity contribution in [3.63, 3.8) is 0 Å². The van der Waals surface area contributed by atoms with Crippen molar-refractivity contribution in [1.29, 1.82) is 0 Å². The number of fused-ring (bicyclic) bond motifs is 3. The molecule has 0 saturated heterocycles. The average Bonchev–Trinajstić information content (AvgIpc) is 3.09. The molecule has 1 fully saturated rings. The molecule has 1 aliphatic heterocycles. The lowest BCUT2D eigenvalue weighted by Gasteiger charge is -2.21. The molecule has 5 nitrogen and oxygen atoms in total. The fraction of sp³-hybridized carbons (Fsp3) is 0.300. The topological polar surface area (TPSA) is 81.8 Å². The SMILES string of the molecule is NOC(=O)c1c(F)ccc2c1OB(O)[C@@H]1CC21. The molecule has 0 radical (unpaired) electrons. The fourth-order valence-corrected chi connectivity index (χ4v) is 2.34. The van der Waals surface area contributed by atoms with Gasteiger partial charge in [0.2, 0.25) is 0 Å². The molecule has 17 heavy (non-hydrogen) atoms. The Morgan fingerprint density at radius 2 is 2.41 bits per heavy atom. The summed E-state index contributed by atoms with van der Waals surface area (Å²) >= 11 is 0. The zero-order valence-electron chi connectivity index (χ0n) is 8.72. The lowest BCUT2D eigenvalue weighted by Crippen LogP contribution is -2.28. The molecule has 1 aliphatic carbocycles. The molecule has 1 aromatic rings. The third-order valence-electron chi connectivity index (χ3n) is 3.29. The fourth-order valence-electron chi connectivity index (χ4n) is 2.34. The average molecular weight is 237 g/mol. The number of nitrogens with two attached hydrogens (primary N) is 1. The number of carbonyl (C=O) groups excluding carboxylic acids is 1. The zero-order chi connectivity index (χ0) is 12.2. The number of rotatable bonds is 1. The van der Waals surface area contributed by atoms with Gasteiger partial charge in [0.25, 0.3) is 0 Å². The van der Waals surface area contributed by atoms with Crippen LogP contribution < -0.4 is 10.6 Å². The molecule has 2 aliphatic rings. The van der Waals surface area contributed by atoms with Crippen molar-refractivity contribution in [3.05, 3.63) is 29.1 Å². The van der Waals surface area contributed by atoms with Crippen LogP contribution in [0.1, 0.15) is 28.3 Å². The second kappa shape index (κ2) is 3.45. The standard InChI is InChI=1S/C10H9BFNO4/c12-7-2-1-4-5-3-6(5)11(15)16-9(4)8(7)10(14)17-13/h1-2,5-6,15H,3,13H2/t5?,6-/m1/s1. The predicted octanol–water partition coefficient (Wildman–Crippen LogP) is 0.587. The van der Waals surface area contributed by atoms with E-state index in [0.717, 1.165) is 12.0 Å². The molecule has 2 atom stereocenters. The molecule has 3 N–H and O–H groups in total. The van der Waals surface area contributed by atoms with Crippen molar-refractivity contribution >= 4 is 13.1 Å². The summed E-state index contributed by atoms with van der Waals surface area (Å²) in [4.78, 5) is 15.4. The summed E-state index contributed by atoms with van der Waals surface area (Å²) in [5, 5.41) is 9.61. The summed E-state index contributed by atoms with van der Waals surface area (Å²) in [5.74, 6) is 3.18. The first kappa shape index (κ1) is 10.6. The van der Waals surface area contributed by atoms with Crippen LogP contribution in [-0.2, 0) is 4.84 Å². The maximum absolute atomic E-state index is 13.6. The monoisotopic (exact) mass is 237 g/mol. The predicted molar refractivity (Wildman–Crippen MR) is 55.7 cm³/mol. The van der Waals surface area contributed by atoms with E-state index in [9.17, 15) is 14.2 Å². The summed E-state index contributed by atoms with van der Waals surface area (Å²) in [7, 11) is -1.00. The number of hydrogen-bond acceptors (Lipinski definition) is 5. The van der Waals surface area contributed by atoms with E-state index < -0.39 is 18.9 Å². The van der Waals surface area contributed by atoms with Crippen LogP contribution in [0.2, 0.25) is 5.82 Å². The van der Waals surface area contributed by atoms with E-state index in [0.29, 0.717) is 0 Å². The van der Waals surface area contributed by atoms with Gasteiger partial charge >= 0.3 is 13.1 Å². The minimum atomic E-state index is -1.01. The Morgan fingerprint density at radius 1 is 1.65 bits per heavy atom. The first-order chi connectivity index (χ1) is 8.13. The molecule has 3 rings (SSSR count). The van der Waals surface area contributed by atoms with Gasteiger partial charge < -0.3 is 14.5 Å². The van der Waals surface area contributed by atoms with Crippen molar-refractivity contribution < 1.29 is 23.7 Å². The normalized spacial score (nSPS) is 24.5. The number of halogens is 1. The highest BCUT2D eigenvalue weighted by atomic mass is 19.1. The van der Waals surface area contributed by atoms with Crippen molar-refractivity contribution in [2.24, 2.45) is 5.90 Å². The second-order valence-corrected chi connectivity index (χ2v) is 4.26. The van der Waals surface area contributed by atoms with Crippen molar-refractivity contribution in [2.45, 2.75) is 18.2 Å². The van der Waals surface area contributed by atoms with E-state index in [1.165, 1.54) is 6.07 Å². The highest BCUT2D eigenvalue weighted by molar-refractivity contribution is 6.48. The van der Waals surface area contributed by atoms with Crippen molar-refractivity contribution in [3.8, 4) is 5.75 Å². The van der Waals surface area contributed by atoms with Crippen LogP contribution in [0.5, 0.6) is 5.75 Å². The van der Waals surface area contributed by atoms with Crippen molar-refractivity contribution in [2.75, 3.05) is 0 Å². The molecule has 1 unspecified atom stereocenters. The molecular weight excluding hydrogens is 228 g/mol. The van der Waals surface area contributed by atoms with Crippen LogP contribution in [-0.4, -0.2) is 18.1 Å². The Hall–Kier alpha value is -1.60. The van der Waals surface area contributed by atoms with Crippen LogP contribution in [0.4, 0.5) is 4.39 Å². The van der Waals surface area contributed by atoms with E-state index in [2.05, 4.69) is 4.84 Å². The van der Waals surface area contributed by atoms with E-state index in [1.54, 1.807) is 6.07 Å². The molecule has 1 heterocycles. The van der Waals surface area contributed by atoms with Gasteiger partial charge in [0.1, 0.15) is 17.1 Å². The van der Waals surface area contributed by atoms with Crippen LogP contribution in [0.3, 0.4) is 0 Å². The number of hydrogen-bond donors (Lipinski definition) is 2. The quantitative estimate of drug-likeness (QED) is 0.551. The third kappa shape index (κ3) is 1.43. The summed E-state index contributed by atoms with van der Waals surface area (Å²) in [6, 6.07) is 2.75.